The standard InChI is InChI=1S/C48H52N2O14/c1-26-31(62-43(56)36(52)35(28-15-9-6-10-16-28)49-41(54)29-17-11-7-12-18-29)24-48(59)40(64-42(55)30-19-13-8-14-20-30)38-46(5,39(53)37(61-27(2)51)34(26)45(48,3)4)32(63-44(57)50-21-22-50)23-33-47(38,58)25-60-33/h6-20,31-33,35-38,40,52,58-59H,21-25H2,1-5H3,(H,49,54)/t31-,32-,33+,35-,36+,37+,38-,40-,46+,47-,48+/m0/s1. The zero-order chi connectivity index (χ0) is 45.9. The van der Waals surface area contributed by atoms with Crippen LogP contribution in [0.2, 0.25) is 0 Å². The average Bonchev–Trinajstić information content (AvgIpc) is 4.13. The van der Waals surface area contributed by atoms with E-state index in [2.05, 4.69) is 5.32 Å². The average molecular weight is 881 g/mol. The maximum absolute atomic E-state index is 15.7. The highest BCUT2D eigenvalue weighted by Crippen LogP contribution is 2.64. The van der Waals surface area contributed by atoms with Gasteiger partial charge in [0.15, 0.2) is 18.0 Å². The minimum Gasteiger partial charge on any atom is -0.456 e. The van der Waals surface area contributed by atoms with Gasteiger partial charge in [0.05, 0.1) is 29.7 Å². The molecule has 4 fully saturated rings. The third kappa shape index (κ3) is 7.45. The van der Waals surface area contributed by atoms with Gasteiger partial charge in [0.1, 0.15) is 29.5 Å². The Morgan fingerprint density at radius 2 is 1.42 bits per heavy atom. The molecule has 4 N–H and O–H groups in total. The molecular formula is C48H52N2O14. The second-order valence-corrected chi connectivity index (χ2v) is 18.1. The van der Waals surface area contributed by atoms with Crippen LogP contribution in [0.4, 0.5) is 4.79 Å². The number of fused-ring (bicyclic) bond motifs is 5. The van der Waals surface area contributed by atoms with Gasteiger partial charge < -0.3 is 49.2 Å². The van der Waals surface area contributed by atoms with E-state index in [9.17, 15) is 39.3 Å². The Labute approximate surface area is 369 Å². The molecule has 2 saturated carbocycles. The lowest BCUT2D eigenvalue weighted by Crippen LogP contribution is -2.81. The van der Waals surface area contributed by atoms with Gasteiger partial charge in [-0.05, 0) is 54.8 Å². The van der Waals surface area contributed by atoms with E-state index < -0.39 is 113 Å². The van der Waals surface area contributed by atoms with Gasteiger partial charge in [0, 0.05) is 49.8 Å². The van der Waals surface area contributed by atoms with Gasteiger partial charge in [0.25, 0.3) is 5.91 Å². The second-order valence-electron chi connectivity index (χ2n) is 18.1. The number of rotatable bonds is 10. The number of hydrogen-bond donors (Lipinski definition) is 4. The number of ether oxygens (including phenoxy) is 5. The van der Waals surface area contributed by atoms with Crippen molar-refractivity contribution in [2.75, 3.05) is 19.7 Å². The van der Waals surface area contributed by atoms with Gasteiger partial charge in [-0.2, -0.15) is 0 Å². The predicted octanol–water partition coefficient (Wildman–Crippen LogP) is 3.62. The number of amides is 2. The number of carbonyl (C=O) groups excluding carboxylic acids is 6. The van der Waals surface area contributed by atoms with Crippen LogP contribution in [-0.4, -0.2) is 123 Å². The van der Waals surface area contributed by atoms with E-state index in [0.717, 1.165) is 6.92 Å². The van der Waals surface area contributed by atoms with Crippen LogP contribution in [0.5, 0.6) is 0 Å². The Morgan fingerprint density at radius 1 is 0.828 bits per heavy atom. The van der Waals surface area contributed by atoms with E-state index in [4.69, 9.17) is 23.7 Å². The molecule has 16 nitrogen and oxygen atoms in total. The zero-order valence-corrected chi connectivity index (χ0v) is 36.1. The molecule has 8 rings (SSSR count). The van der Waals surface area contributed by atoms with Crippen LogP contribution < -0.4 is 5.32 Å². The summed E-state index contributed by atoms with van der Waals surface area (Å²) in [5, 5.41) is 41.0. The first-order valence-corrected chi connectivity index (χ1v) is 21.3. The highest BCUT2D eigenvalue weighted by Gasteiger charge is 2.77. The molecule has 2 bridgehead atoms. The molecule has 2 heterocycles. The summed E-state index contributed by atoms with van der Waals surface area (Å²) in [6.45, 7) is 7.67. The lowest BCUT2D eigenvalue weighted by Gasteiger charge is -2.67. The fourth-order valence-electron chi connectivity index (χ4n) is 10.4. The van der Waals surface area contributed by atoms with Crippen LogP contribution in [0.25, 0.3) is 0 Å². The van der Waals surface area contributed by atoms with Crippen LogP contribution in [-0.2, 0) is 38.1 Å². The van der Waals surface area contributed by atoms with Gasteiger partial charge in [-0.1, -0.05) is 80.6 Å². The van der Waals surface area contributed by atoms with Crippen molar-refractivity contribution >= 4 is 35.7 Å². The lowest BCUT2D eigenvalue weighted by atomic mass is 9.44. The SMILES string of the molecule is CC(=O)O[C@H]1C(=O)[C@]2(C)[C@@H](OC(=O)N3CC3)C[C@H]3OC[C@@]3(O)[C@H]2[C@H](OC(=O)c2ccccc2)[C@]2(O)C[C@H](OC(=O)[C@H](O)[C@@H](NC(=O)c3ccccc3)c3ccccc3)C(C)=C1C2(C)C. The van der Waals surface area contributed by atoms with Crippen LogP contribution in [0.3, 0.4) is 0 Å². The number of nitrogens with one attached hydrogen (secondary N) is 1. The molecule has 2 aliphatic heterocycles. The van der Waals surface area contributed by atoms with Gasteiger partial charge in [-0.25, -0.2) is 14.4 Å². The Morgan fingerprint density at radius 3 is 1.98 bits per heavy atom. The van der Waals surface area contributed by atoms with Crippen LogP contribution >= 0.6 is 0 Å². The van der Waals surface area contributed by atoms with Crippen molar-refractivity contribution in [1.82, 2.24) is 10.2 Å². The molecule has 0 spiro atoms. The molecule has 0 unspecified atom stereocenters. The number of esters is 3. The van der Waals surface area contributed by atoms with E-state index in [-0.39, 0.29) is 35.3 Å². The van der Waals surface area contributed by atoms with Crippen molar-refractivity contribution < 1.29 is 67.8 Å². The number of hydrogen-bond acceptors (Lipinski definition) is 14. The summed E-state index contributed by atoms with van der Waals surface area (Å²) in [6.07, 6.45) is -11.0. The van der Waals surface area contributed by atoms with Gasteiger partial charge in [-0.15, -0.1) is 0 Å². The van der Waals surface area contributed by atoms with Crippen molar-refractivity contribution in [3.63, 3.8) is 0 Å². The number of aliphatic hydroxyl groups excluding tert-OH is 1. The number of Topliss-reactive ketones (excluding diaryl/α,β-unsaturated/α-hetero) is 1. The largest absolute Gasteiger partial charge is 0.456 e. The summed E-state index contributed by atoms with van der Waals surface area (Å²) in [5.74, 6) is -6.07. The number of nitrogens with zero attached hydrogens (tertiary/aromatic N) is 1. The Balaban J connectivity index is 1.27. The molecule has 2 saturated heterocycles. The number of carbonyl (C=O) groups is 6. The summed E-state index contributed by atoms with van der Waals surface area (Å²) >= 11 is 0. The third-order valence-electron chi connectivity index (χ3n) is 14.1. The Kier molecular flexibility index (Phi) is 11.6. The van der Waals surface area contributed by atoms with Gasteiger partial charge >= 0.3 is 24.0 Å². The maximum Gasteiger partial charge on any atom is 0.410 e. The molecule has 338 valence electrons. The molecule has 0 radical (unpaired) electrons. The molecular weight excluding hydrogens is 829 g/mol. The van der Waals surface area contributed by atoms with Crippen molar-refractivity contribution in [3.05, 3.63) is 119 Å². The van der Waals surface area contributed by atoms with Crippen LogP contribution in [0.15, 0.2) is 102 Å². The Bertz CT molecular complexity index is 2370. The van der Waals surface area contributed by atoms with E-state index in [1.54, 1.807) is 92.7 Å². The molecule has 3 aromatic rings. The molecule has 64 heavy (non-hydrogen) atoms. The van der Waals surface area contributed by atoms with Crippen molar-refractivity contribution in [3.8, 4) is 0 Å². The normalized spacial score (nSPS) is 32.1. The molecule has 3 aliphatic carbocycles. The second kappa shape index (κ2) is 16.6. The summed E-state index contributed by atoms with van der Waals surface area (Å²) < 4.78 is 30.4. The van der Waals surface area contributed by atoms with Crippen molar-refractivity contribution in [2.45, 2.75) is 101 Å². The minimum absolute atomic E-state index is 0.00107. The van der Waals surface area contributed by atoms with E-state index in [0.29, 0.717) is 18.7 Å². The zero-order valence-electron chi connectivity index (χ0n) is 36.1. The lowest BCUT2D eigenvalue weighted by molar-refractivity contribution is -0.343. The van der Waals surface area contributed by atoms with E-state index in [1.165, 1.54) is 30.9 Å². The van der Waals surface area contributed by atoms with Gasteiger partial charge in [-0.3, -0.25) is 14.4 Å². The maximum atomic E-state index is 15.7. The molecule has 5 aliphatic rings. The van der Waals surface area contributed by atoms with Crippen molar-refractivity contribution in [2.24, 2.45) is 16.7 Å². The fourth-order valence-corrected chi connectivity index (χ4v) is 10.4. The first-order chi connectivity index (χ1) is 30.3. The molecule has 2 amide bonds. The number of ketones is 1. The summed E-state index contributed by atoms with van der Waals surface area (Å²) in [5.41, 5.74) is -7.21. The summed E-state index contributed by atoms with van der Waals surface area (Å²) in [6, 6.07) is 23.0. The first kappa shape index (κ1) is 44.7. The highest BCUT2D eigenvalue weighted by molar-refractivity contribution is 5.96. The summed E-state index contributed by atoms with van der Waals surface area (Å²) in [7, 11) is 0. The molecule has 3 aromatic carbocycles. The third-order valence-corrected chi connectivity index (χ3v) is 14.1. The Hall–Kier alpha value is -5.94. The fraction of sp³-hybridized carbons (Fsp3) is 0.458. The minimum atomic E-state index is -2.39. The van der Waals surface area contributed by atoms with Gasteiger partial charge in [0.2, 0.25) is 0 Å². The molecule has 0 aromatic heterocycles. The van der Waals surface area contributed by atoms with E-state index in [1.807, 2.05) is 0 Å². The number of aliphatic hydroxyl groups is 3. The number of benzene rings is 3. The topological polar surface area (TPSA) is 224 Å². The van der Waals surface area contributed by atoms with Crippen LogP contribution in [0, 0.1) is 16.7 Å². The van der Waals surface area contributed by atoms with Crippen LogP contribution in [0.1, 0.15) is 79.8 Å². The predicted molar refractivity (Wildman–Crippen MR) is 224 cm³/mol. The molecule has 16 heteroatoms. The summed E-state index contributed by atoms with van der Waals surface area (Å²) in [4.78, 5) is 85.8. The van der Waals surface area contributed by atoms with E-state index >= 15 is 4.79 Å². The first-order valence-electron chi connectivity index (χ1n) is 21.3. The quantitative estimate of drug-likeness (QED) is 0.0989. The van der Waals surface area contributed by atoms with Crippen molar-refractivity contribution in [1.29, 1.82) is 0 Å². The monoisotopic (exact) mass is 880 g/mol. The smallest absolute Gasteiger partial charge is 0.410 e. The molecule has 11 atom stereocenters. The highest BCUT2D eigenvalue weighted by atomic mass is 16.6.